The number of aliphatic carboxylic acids is 1. The zero-order valence-electron chi connectivity index (χ0n) is 18.9. The first-order valence-corrected chi connectivity index (χ1v) is 10.8. The molecular weight excluding hydrogens is 420 g/mol. The fourth-order valence-corrected chi connectivity index (χ4v) is 3.16. The topological polar surface area (TPSA) is 89.0 Å². The third-order valence-corrected chi connectivity index (χ3v) is 5.00. The number of benzene rings is 2. The second kappa shape index (κ2) is 11.7. The maximum atomic E-state index is 12.6. The fourth-order valence-electron chi connectivity index (χ4n) is 3.16. The van der Waals surface area contributed by atoms with Crippen molar-refractivity contribution < 1.29 is 24.2 Å². The van der Waals surface area contributed by atoms with E-state index >= 15 is 0 Å². The standard InChI is InChI=1S/C26H28N2O5/c1-3-20-9-10-22(27-16-20)13-14-32-24-6-4-5-21(15-24)17-28(18-25(29)30)26(31)33-23-11-7-19(2)8-12-23/h4-12,15-16H,3,13-14,17-18H2,1-2H3,(H,29,30). The number of carbonyl (C=O) groups excluding carboxylic acids is 1. The molecule has 1 amide bonds. The first-order chi connectivity index (χ1) is 15.9. The van der Waals surface area contributed by atoms with Crippen LogP contribution in [0.4, 0.5) is 4.79 Å². The molecule has 3 rings (SSSR count). The number of aryl methyl sites for hydroxylation is 2. The Morgan fingerprint density at radius 1 is 1.00 bits per heavy atom. The van der Waals surface area contributed by atoms with Gasteiger partial charge in [-0.25, -0.2) is 4.79 Å². The van der Waals surface area contributed by atoms with Crippen LogP contribution in [0.15, 0.2) is 66.9 Å². The van der Waals surface area contributed by atoms with E-state index in [1.165, 1.54) is 5.56 Å². The molecule has 0 radical (unpaired) electrons. The van der Waals surface area contributed by atoms with Gasteiger partial charge in [0, 0.05) is 24.9 Å². The van der Waals surface area contributed by atoms with Gasteiger partial charge in [0.15, 0.2) is 0 Å². The van der Waals surface area contributed by atoms with Gasteiger partial charge in [0.1, 0.15) is 18.0 Å². The number of nitrogens with zero attached hydrogens (tertiary/aromatic N) is 2. The Kier molecular flexibility index (Phi) is 8.41. The van der Waals surface area contributed by atoms with Gasteiger partial charge in [-0.1, -0.05) is 42.8 Å². The van der Waals surface area contributed by atoms with E-state index in [2.05, 4.69) is 18.0 Å². The van der Waals surface area contributed by atoms with Crippen LogP contribution in [0, 0.1) is 6.92 Å². The predicted molar refractivity (Wildman–Crippen MR) is 125 cm³/mol. The van der Waals surface area contributed by atoms with Crippen molar-refractivity contribution in [2.75, 3.05) is 13.2 Å². The van der Waals surface area contributed by atoms with E-state index in [-0.39, 0.29) is 6.54 Å². The highest BCUT2D eigenvalue weighted by atomic mass is 16.6. The van der Waals surface area contributed by atoms with E-state index in [0.29, 0.717) is 24.5 Å². The lowest BCUT2D eigenvalue weighted by atomic mass is 10.2. The molecule has 2 aromatic carbocycles. The van der Waals surface area contributed by atoms with Crippen LogP contribution >= 0.6 is 0 Å². The molecule has 1 aromatic heterocycles. The molecule has 0 fully saturated rings. The highest BCUT2D eigenvalue weighted by molar-refractivity contribution is 5.78. The first-order valence-electron chi connectivity index (χ1n) is 10.8. The third-order valence-electron chi connectivity index (χ3n) is 5.00. The van der Waals surface area contributed by atoms with Crippen molar-refractivity contribution in [3.63, 3.8) is 0 Å². The minimum absolute atomic E-state index is 0.0776. The molecule has 7 nitrogen and oxygen atoms in total. The third kappa shape index (κ3) is 7.64. The molecule has 0 saturated carbocycles. The van der Waals surface area contributed by atoms with Gasteiger partial charge in [-0.15, -0.1) is 0 Å². The summed E-state index contributed by atoms with van der Waals surface area (Å²) in [6.45, 7) is 4.07. The average molecular weight is 449 g/mol. The van der Waals surface area contributed by atoms with E-state index in [1.54, 1.807) is 18.2 Å². The minimum atomic E-state index is -1.12. The Morgan fingerprint density at radius 3 is 2.45 bits per heavy atom. The summed E-state index contributed by atoms with van der Waals surface area (Å²) in [6.07, 6.45) is 2.77. The summed E-state index contributed by atoms with van der Waals surface area (Å²) in [5, 5.41) is 9.25. The van der Waals surface area contributed by atoms with Gasteiger partial charge in [-0.2, -0.15) is 0 Å². The molecule has 0 unspecified atom stereocenters. The lowest BCUT2D eigenvalue weighted by Crippen LogP contribution is -2.37. The number of aromatic nitrogens is 1. The molecule has 0 aliphatic heterocycles. The molecule has 0 spiro atoms. The van der Waals surface area contributed by atoms with Gasteiger partial charge in [-0.3, -0.25) is 14.7 Å². The molecule has 0 saturated heterocycles. The van der Waals surface area contributed by atoms with Gasteiger partial charge < -0.3 is 14.6 Å². The van der Waals surface area contributed by atoms with Crippen molar-refractivity contribution in [1.29, 1.82) is 0 Å². The lowest BCUT2D eigenvalue weighted by Gasteiger charge is -2.20. The zero-order chi connectivity index (χ0) is 23.6. The van der Waals surface area contributed by atoms with E-state index in [1.807, 2.05) is 49.5 Å². The fraction of sp³-hybridized carbons (Fsp3) is 0.269. The Morgan fingerprint density at radius 2 is 1.79 bits per heavy atom. The normalized spacial score (nSPS) is 10.5. The van der Waals surface area contributed by atoms with Gasteiger partial charge >= 0.3 is 12.1 Å². The summed E-state index contributed by atoms with van der Waals surface area (Å²) in [6, 6.07) is 18.3. The summed E-state index contributed by atoms with van der Waals surface area (Å²) in [4.78, 5) is 29.5. The quantitative estimate of drug-likeness (QED) is 0.485. The molecule has 172 valence electrons. The summed E-state index contributed by atoms with van der Waals surface area (Å²) < 4.78 is 11.2. The van der Waals surface area contributed by atoms with Crippen molar-refractivity contribution in [1.82, 2.24) is 9.88 Å². The number of carboxylic acids is 1. The van der Waals surface area contributed by atoms with Crippen molar-refractivity contribution in [2.24, 2.45) is 0 Å². The maximum Gasteiger partial charge on any atom is 0.416 e. The van der Waals surface area contributed by atoms with Crippen LogP contribution in [0.25, 0.3) is 0 Å². The molecule has 1 heterocycles. The molecular formula is C26H28N2O5. The Labute approximate surface area is 193 Å². The second-order valence-corrected chi connectivity index (χ2v) is 7.69. The predicted octanol–water partition coefficient (Wildman–Crippen LogP) is 4.66. The Balaban J connectivity index is 1.60. The van der Waals surface area contributed by atoms with Crippen LogP contribution in [0.2, 0.25) is 0 Å². The summed E-state index contributed by atoms with van der Waals surface area (Å²) in [7, 11) is 0. The van der Waals surface area contributed by atoms with E-state index in [0.717, 1.165) is 28.1 Å². The first kappa shape index (κ1) is 23.8. The van der Waals surface area contributed by atoms with Crippen LogP contribution in [0.1, 0.15) is 29.3 Å². The monoisotopic (exact) mass is 448 g/mol. The van der Waals surface area contributed by atoms with Crippen LogP contribution in [-0.4, -0.2) is 40.2 Å². The van der Waals surface area contributed by atoms with Crippen molar-refractivity contribution in [3.8, 4) is 11.5 Å². The number of carbonyl (C=O) groups is 2. The largest absolute Gasteiger partial charge is 0.493 e. The van der Waals surface area contributed by atoms with Gasteiger partial charge in [0.05, 0.1) is 6.61 Å². The lowest BCUT2D eigenvalue weighted by molar-refractivity contribution is -0.138. The molecule has 0 aliphatic carbocycles. The van der Waals surface area contributed by atoms with Crippen molar-refractivity contribution in [2.45, 2.75) is 33.2 Å². The number of pyridine rings is 1. The molecule has 0 aliphatic rings. The molecule has 1 N–H and O–H groups in total. The number of hydrogen-bond acceptors (Lipinski definition) is 5. The van der Waals surface area contributed by atoms with Gasteiger partial charge in [0.2, 0.25) is 0 Å². The molecule has 3 aromatic rings. The van der Waals surface area contributed by atoms with Gasteiger partial charge in [-0.05, 0) is 54.8 Å². The number of rotatable bonds is 10. The number of ether oxygens (including phenoxy) is 2. The summed E-state index contributed by atoms with van der Waals surface area (Å²) in [5.74, 6) is -0.122. The molecule has 0 atom stereocenters. The van der Waals surface area contributed by atoms with Crippen molar-refractivity contribution >= 4 is 12.1 Å². The zero-order valence-corrected chi connectivity index (χ0v) is 18.9. The maximum absolute atomic E-state index is 12.6. The molecule has 0 bridgehead atoms. The second-order valence-electron chi connectivity index (χ2n) is 7.69. The summed E-state index contributed by atoms with van der Waals surface area (Å²) >= 11 is 0. The van der Waals surface area contributed by atoms with E-state index in [9.17, 15) is 14.7 Å². The number of hydrogen-bond donors (Lipinski definition) is 1. The Bertz CT molecular complexity index is 1060. The van der Waals surface area contributed by atoms with E-state index < -0.39 is 18.6 Å². The van der Waals surface area contributed by atoms with Crippen LogP contribution in [0.5, 0.6) is 11.5 Å². The smallest absolute Gasteiger partial charge is 0.416 e. The average Bonchev–Trinajstić information content (AvgIpc) is 2.80. The van der Waals surface area contributed by atoms with E-state index in [4.69, 9.17) is 9.47 Å². The Hall–Kier alpha value is -3.87. The van der Waals surface area contributed by atoms with Crippen LogP contribution < -0.4 is 9.47 Å². The highest BCUT2D eigenvalue weighted by Crippen LogP contribution is 2.18. The summed E-state index contributed by atoms with van der Waals surface area (Å²) in [5.41, 5.74) is 3.91. The van der Waals surface area contributed by atoms with Crippen LogP contribution in [-0.2, 0) is 24.2 Å². The van der Waals surface area contributed by atoms with Crippen molar-refractivity contribution in [3.05, 3.63) is 89.2 Å². The van der Waals surface area contributed by atoms with Gasteiger partial charge in [0.25, 0.3) is 0 Å². The molecule has 7 heteroatoms. The number of carboxylic acid groups (broad SMARTS) is 1. The van der Waals surface area contributed by atoms with Crippen LogP contribution in [0.3, 0.4) is 0 Å². The molecule has 33 heavy (non-hydrogen) atoms. The SMILES string of the molecule is CCc1ccc(CCOc2cccc(CN(CC(=O)O)C(=O)Oc3ccc(C)cc3)c2)nc1. The highest BCUT2D eigenvalue weighted by Gasteiger charge is 2.20. The number of amides is 1. The minimum Gasteiger partial charge on any atom is -0.493 e.